The van der Waals surface area contributed by atoms with Gasteiger partial charge in [-0.05, 0) is 43.7 Å². The van der Waals surface area contributed by atoms with Gasteiger partial charge in [0, 0.05) is 17.1 Å². The summed E-state index contributed by atoms with van der Waals surface area (Å²) in [5.41, 5.74) is 2.08. The van der Waals surface area contributed by atoms with Crippen LogP contribution in [0.2, 0.25) is 0 Å². The van der Waals surface area contributed by atoms with Gasteiger partial charge in [0.2, 0.25) is 5.88 Å². The average Bonchev–Trinajstić information content (AvgIpc) is 2.44. The minimum Gasteiger partial charge on any atom is -0.439 e. The molecule has 0 spiro atoms. The van der Waals surface area contributed by atoms with E-state index in [9.17, 15) is 0 Å². The lowest BCUT2D eigenvalue weighted by Crippen LogP contribution is -2.14. The molecule has 1 aromatic heterocycles. The number of nitrogens with one attached hydrogen (secondary N) is 1. The monoisotopic (exact) mass is 334 g/mol. The molecular formula is C16H19BrN2O. The Morgan fingerprint density at radius 3 is 2.90 bits per heavy atom. The smallest absolute Gasteiger partial charge is 0.219 e. The predicted molar refractivity (Wildman–Crippen MR) is 85.2 cm³/mol. The minimum absolute atomic E-state index is 0.627. The fourth-order valence-electron chi connectivity index (χ4n) is 1.80. The number of aryl methyl sites for hydroxylation is 1. The highest BCUT2D eigenvalue weighted by atomic mass is 79.9. The summed E-state index contributed by atoms with van der Waals surface area (Å²) in [4.78, 5) is 4.51. The van der Waals surface area contributed by atoms with Crippen molar-refractivity contribution < 1.29 is 4.74 Å². The molecule has 0 aliphatic heterocycles. The van der Waals surface area contributed by atoms with Crippen LogP contribution in [0.5, 0.6) is 11.6 Å². The minimum atomic E-state index is 0.627. The second kappa shape index (κ2) is 7.41. The van der Waals surface area contributed by atoms with E-state index in [1.165, 1.54) is 0 Å². The van der Waals surface area contributed by atoms with E-state index in [2.05, 4.69) is 33.2 Å². The molecule has 2 aromatic rings. The van der Waals surface area contributed by atoms with Crippen molar-refractivity contribution in [2.75, 3.05) is 6.54 Å². The average molecular weight is 335 g/mol. The highest BCUT2D eigenvalue weighted by Crippen LogP contribution is 2.27. The molecule has 20 heavy (non-hydrogen) atoms. The first kappa shape index (κ1) is 15.0. The summed E-state index contributed by atoms with van der Waals surface area (Å²) < 4.78 is 6.87. The van der Waals surface area contributed by atoms with Gasteiger partial charge < -0.3 is 10.1 Å². The van der Waals surface area contributed by atoms with Crippen LogP contribution < -0.4 is 10.1 Å². The Labute approximate surface area is 128 Å². The molecule has 1 aromatic carbocycles. The summed E-state index contributed by atoms with van der Waals surface area (Å²) in [7, 11) is 0. The van der Waals surface area contributed by atoms with Crippen LogP contribution in [0.3, 0.4) is 0 Å². The number of hydrogen-bond donors (Lipinski definition) is 1. The van der Waals surface area contributed by atoms with E-state index in [0.29, 0.717) is 5.88 Å². The van der Waals surface area contributed by atoms with Crippen molar-refractivity contribution in [1.82, 2.24) is 10.3 Å². The maximum atomic E-state index is 5.87. The second-order valence-corrected chi connectivity index (χ2v) is 5.57. The molecule has 2 rings (SSSR count). The van der Waals surface area contributed by atoms with Crippen LogP contribution in [-0.2, 0) is 6.54 Å². The number of nitrogens with zero attached hydrogens (tertiary/aromatic N) is 1. The molecule has 0 atom stereocenters. The maximum Gasteiger partial charge on any atom is 0.219 e. The first-order valence-electron chi connectivity index (χ1n) is 6.79. The summed E-state index contributed by atoms with van der Waals surface area (Å²) in [6.07, 6.45) is 1.12. The molecule has 0 saturated carbocycles. The third-order valence-corrected chi connectivity index (χ3v) is 3.37. The van der Waals surface area contributed by atoms with E-state index in [4.69, 9.17) is 4.74 Å². The first-order valence-corrected chi connectivity index (χ1v) is 7.59. The lowest BCUT2D eigenvalue weighted by atomic mass is 10.2. The van der Waals surface area contributed by atoms with Crippen LogP contribution in [-0.4, -0.2) is 11.5 Å². The van der Waals surface area contributed by atoms with Gasteiger partial charge in [-0.3, -0.25) is 0 Å². The van der Waals surface area contributed by atoms with Crippen LogP contribution in [0.15, 0.2) is 40.9 Å². The molecule has 106 valence electrons. The summed E-state index contributed by atoms with van der Waals surface area (Å²) >= 11 is 3.46. The van der Waals surface area contributed by atoms with Gasteiger partial charge in [0.05, 0.1) is 5.69 Å². The molecule has 1 N–H and O–H groups in total. The van der Waals surface area contributed by atoms with Gasteiger partial charge in [0.15, 0.2) is 0 Å². The zero-order chi connectivity index (χ0) is 14.4. The largest absolute Gasteiger partial charge is 0.439 e. The van der Waals surface area contributed by atoms with E-state index in [1.54, 1.807) is 0 Å². The fourth-order valence-corrected chi connectivity index (χ4v) is 2.14. The number of hydrogen-bond acceptors (Lipinski definition) is 3. The molecule has 0 amide bonds. The van der Waals surface area contributed by atoms with Crippen molar-refractivity contribution in [3.63, 3.8) is 0 Å². The fraction of sp³-hybridized carbons (Fsp3) is 0.312. The normalized spacial score (nSPS) is 10.6. The van der Waals surface area contributed by atoms with Gasteiger partial charge >= 0.3 is 0 Å². The summed E-state index contributed by atoms with van der Waals surface area (Å²) in [5, 5.41) is 3.34. The lowest BCUT2D eigenvalue weighted by Gasteiger charge is -2.09. The zero-order valence-corrected chi connectivity index (χ0v) is 13.4. The Kier molecular flexibility index (Phi) is 5.56. The number of halogens is 1. The van der Waals surface area contributed by atoms with Crippen molar-refractivity contribution in [2.45, 2.75) is 26.8 Å². The molecule has 0 fully saturated rings. The molecule has 0 aliphatic rings. The summed E-state index contributed by atoms with van der Waals surface area (Å²) in [5.74, 6) is 1.45. The molecule has 0 radical (unpaired) electrons. The third-order valence-electron chi connectivity index (χ3n) is 2.88. The van der Waals surface area contributed by atoms with E-state index in [-0.39, 0.29) is 0 Å². The Morgan fingerprint density at radius 1 is 1.25 bits per heavy atom. The first-order chi connectivity index (χ1) is 9.69. The third kappa shape index (κ3) is 4.32. The van der Waals surface area contributed by atoms with Gasteiger partial charge in [-0.15, -0.1) is 0 Å². The van der Waals surface area contributed by atoms with Gasteiger partial charge in [0.1, 0.15) is 5.75 Å². The molecule has 0 unspecified atom stereocenters. The molecule has 4 heteroatoms. The number of ether oxygens (including phenoxy) is 1. The van der Waals surface area contributed by atoms with Crippen LogP contribution in [0.25, 0.3) is 0 Å². The predicted octanol–water partition coefficient (Wildman–Crippen LogP) is 4.44. The standard InChI is InChI=1S/C16H19BrN2O/c1-3-9-18-11-14-5-4-6-16(19-14)20-15-10-13(17)8-7-12(15)2/h4-8,10,18H,3,9,11H2,1-2H3. The molecule has 0 aliphatic carbocycles. The topological polar surface area (TPSA) is 34.1 Å². The molecule has 1 heterocycles. The Morgan fingerprint density at radius 2 is 2.10 bits per heavy atom. The lowest BCUT2D eigenvalue weighted by molar-refractivity contribution is 0.456. The van der Waals surface area contributed by atoms with Crippen molar-refractivity contribution in [3.8, 4) is 11.6 Å². The van der Waals surface area contributed by atoms with E-state index >= 15 is 0 Å². The van der Waals surface area contributed by atoms with Crippen molar-refractivity contribution in [3.05, 3.63) is 52.1 Å². The van der Waals surface area contributed by atoms with Crippen molar-refractivity contribution >= 4 is 15.9 Å². The summed E-state index contributed by atoms with van der Waals surface area (Å²) in [6.45, 7) is 5.93. The zero-order valence-electron chi connectivity index (χ0n) is 11.8. The molecule has 3 nitrogen and oxygen atoms in total. The highest BCUT2D eigenvalue weighted by molar-refractivity contribution is 9.10. The highest BCUT2D eigenvalue weighted by Gasteiger charge is 2.04. The van der Waals surface area contributed by atoms with Gasteiger partial charge in [-0.2, -0.15) is 0 Å². The Bertz CT molecular complexity index is 572. The summed E-state index contributed by atoms with van der Waals surface area (Å²) in [6, 6.07) is 11.8. The second-order valence-electron chi connectivity index (χ2n) is 4.66. The van der Waals surface area contributed by atoms with Crippen LogP contribution in [0.1, 0.15) is 24.6 Å². The van der Waals surface area contributed by atoms with Crippen molar-refractivity contribution in [1.29, 1.82) is 0 Å². The van der Waals surface area contributed by atoms with E-state index in [1.807, 2.05) is 43.3 Å². The quantitative estimate of drug-likeness (QED) is 0.792. The molecule has 0 bridgehead atoms. The van der Waals surface area contributed by atoms with E-state index in [0.717, 1.165) is 41.0 Å². The SMILES string of the molecule is CCCNCc1cccc(Oc2cc(Br)ccc2C)n1. The number of aromatic nitrogens is 1. The Balaban J connectivity index is 2.09. The maximum absolute atomic E-state index is 5.87. The van der Waals surface area contributed by atoms with E-state index < -0.39 is 0 Å². The number of pyridine rings is 1. The van der Waals surface area contributed by atoms with Crippen LogP contribution >= 0.6 is 15.9 Å². The van der Waals surface area contributed by atoms with Crippen LogP contribution in [0, 0.1) is 6.92 Å². The van der Waals surface area contributed by atoms with Gasteiger partial charge in [0.25, 0.3) is 0 Å². The Hall–Kier alpha value is -1.39. The van der Waals surface area contributed by atoms with Gasteiger partial charge in [-0.25, -0.2) is 4.98 Å². The number of benzene rings is 1. The van der Waals surface area contributed by atoms with Gasteiger partial charge in [-0.1, -0.05) is 35.0 Å². The number of rotatable bonds is 6. The van der Waals surface area contributed by atoms with Crippen molar-refractivity contribution in [2.24, 2.45) is 0 Å². The molecular weight excluding hydrogens is 316 g/mol. The molecule has 0 saturated heterocycles. The van der Waals surface area contributed by atoms with Crippen LogP contribution in [0.4, 0.5) is 0 Å².